The van der Waals surface area contributed by atoms with Crippen LogP contribution in [0.2, 0.25) is 0 Å². The van der Waals surface area contributed by atoms with Crippen LogP contribution in [-0.2, 0) is 19.1 Å². The van der Waals surface area contributed by atoms with Gasteiger partial charge in [-0.05, 0) is 12.3 Å². The minimum Gasteiger partial charge on any atom is -0.467 e. The van der Waals surface area contributed by atoms with Gasteiger partial charge < -0.3 is 15.4 Å². The fraction of sp³-hybridized carbons (Fsp3) is 0.643. The van der Waals surface area contributed by atoms with Crippen LogP contribution in [0, 0.1) is 18.3 Å². The van der Waals surface area contributed by atoms with Crippen molar-refractivity contribution in [1.29, 1.82) is 0 Å². The number of carbonyl (C=O) groups is 3. The van der Waals surface area contributed by atoms with E-state index in [0.29, 0.717) is 6.42 Å². The first-order chi connectivity index (χ1) is 9.31. The van der Waals surface area contributed by atoms with Crippen molar-refractivity contribution < 1.29 is 19.1 Å². The monoisotopic (exact) mass is 282 g/mol. The SMILES string of the molecule is C#CC[C@H](NC(=O)[C@H](CC(C)C)NC(C)=O)C(=O)OC. The van der Waals surface area contributed by atoms with Crippen molar-refractivity contribution in [3.63, 3.8) is 0 Å². The number of hydrogen-bond donors (Lipinski definition) is 2. The van der Waals surface area contributed by atoms with Crippen molar-refractivity contribution in [1.82, 2.24) is 10.6 Å². The van der Waals surface area contributed by atoms with E-state index in [0.717, 1.165) is 0 Å². The van der Waals surface area contributed by atoms with Gasteiger partial charge in [0.25, 0.3) is 0 Å². The third kappa shape index (κ3) is 6.78. The molecule has 20 heavy (non-hydrogen) atoms. The van der Waals surface area contributed by atoms with Crippen molar-refractivity contribution in [3.05, 3.63) is 0 Å². The van der Waals surface area contributed by atoms with Gasteiger partial charge in [0.05, 0.1) is 7.11 Å². The lowest BCUT2D eigenvalue weighted by atomic mass is 10.0. The standard InChI is InChI=1S/C14H22N2O4/c1-6-7-11(14(19)20-5)16-13(18)12(8-9(2)3)15-10(4)17/h1,9,11-12H,7-8H2,2-5H3,(H,15,17)(H,16,18)/t11-,12-/m0/s1. The summed E-state index contributed by atoms with van der Waals surface area (Å²) < 4.78 is 4.57. The van der Waals surface area contributed by atoms with Crippen LogP contribution < -0.4 is 10.6 Å². The summed E-state index contributed by atoms with van der Waals surface area (Å²) in [5.74, 6) is 1.15. The number of nitrogens with one attached hydrogen (secondary N) is 2. The van der Waals surface area contributed by atoms with Crippen LogP contribution >= 0.6 is 0 Å². The van der Waals surface area contributed by atoms with Crippen LogP contribution in [0.1, 0.15) is 33.6 Å². The molecule has 0 radical (unpaired) electrons. The largest absolute Gasteiger partial charge is 0.467 e. The lowest BCUT2D eigenvalue weighted by Gasteiger charge is -2.22. The van der Waals surface area contributed by atoms with Gasteiger partial charge in [-0.25, -0.2) is 4.79 Å². The number of esters is 1. The number of methoxy groups -OCH3 is 1. The summed E-state index contributed by atoms with van der Waals surface area (Å²) in [5, 5.41) is 5.07. The van der Waals surface area contributed by atoms with Gasteiger partial charge in [-0.15, -0.1) is 12.3 Å². The maximum absolute atomic E-state index is 12.1. The molecule has 0 fully saturated rings. The van der Waals surface area contributed by atoms with E-state index in [2.05, 4.69) is 21.3 Å². The number of ether oxygens (including phenoxy) is 1. The van der Waals surface area contributed by atoms with Crippen LogP contribution in [0.5, 0.6) is 0 Å². The average Bonchev–Trinajstić information content (AvgIpc) is 2.35. The molecule has 6 nitrogen and oxygen atoms in total. The van der Waals surface area contributed by atoms with Gasteiger partial charge in [-0.3, -0.25) is 9.59 Å². The van der Waals surface area contributed by atoms with Gasteiger partial charge in [-0.1, -0.05) is 13.8 Å². The van der Waals surface area contributed by atoms with Gasteiger partial charge in [0.1, 0.15) is 12.1 Å². The molecule has 0 aliphatic rings. The van der Waals surface area contributed by atoms with Crippen LogP contribution in [0.3, 0.4) is 0 Å². The summed E-state index contributed by atoms with van der Waals surface area (Å²) in [7, 11) is 1.22. The minimum atomic E-state index is -0.902. The van der Waals surface area contributed by atoms with E-state index < -0.39 is 24.0 Å². The summed E-state index contributed by atoms with van der Waals surface area (Å²) in [6, 6.07) is -1.60. The predicted molar refractivity (Wildman–Crippen MR) is 74.5 cm³/mol. The lowest BCUT2D eigenvalue weighted by Crippen LogP contribution is -2.51. The summed E-state index contributed by atoms with van der Waals surface area (Å²) in [6.45, 7) is 5.20. The second kappa shape index (κ2) is 8.97. The highest BCUT2D eigenvalue weighted by Crippen LogP contribution is 2.06. The fourth-order valence-electron chi connectivity index (χ4n) is 1.67. The van der Waals surface area contributed by atoms with Crippen molar-refractivity contribution in [3.8, 4) is 12.3 Å². The van der Waals surface area contributed by atoms with Crippen LogP contribution in [-0.4, -0.2) is 37.0 Å². The second-order valence-electron chi connectivity index (χ2n) is 4.88. The molecule has 112 valence electrons. The van der Waals surface area contributed by atoms with Crippen LogP contribution in [0.25, 0.3) is 0 Å². The molecule has 2 amide bonds. The van der Waals surface area contributed by atoms with E-state index in [4.69, 9.17) is 6.42 Å². The molecule has 2 atom stereocenters. The zero-order valence-electron chi connectivity index (χ0n) is 12.4. The van der Waals surface area contributed by atoms with E-state index in [1.165, 1.54) is 14.0 Å². The topological polar surface area (TPSA) is 84.5 Å². The number of carbonyl (C=O) groups excluding carboxylic acids is 3. The quantitative estimate of drug-likeness (QED) is 0.517. The van der Waals surface area contributed by atoms with Gasteiger partial charge in [0.15, 0.2) is 0 Å². The molecular formula is C14H22N2O4. The Balaban J connectivity index is 4.82. The van der Waals surface area contributed by atoms with Gasteiger partial charge in [-0.2, -0.15) is 0 Å². The van der Waals surface area contributed by atoms with E-state index >= 15 is 0 Å². The molecule has 0 aliphatic carbocycles. The highest BCUT2D eigenvalue weighted by molar-refractivity contribution is 5.90. The average molecular weight is 282 g/mol. The Morgan fingerprint density at radius 2 is 1.80 bits per heavy atom. The summed E-state index contributed by atoms with van der Waals surface area (Å²) in [4.78, 5) is 34.7. The Morgan fingerprint density at radius 1 is 1.20 bits per heavy atom. The molecule has 0 aliphatic heterocycles. The van der Waals surface area contributed by atoms with E-state index in [-0.39, 0.29) is 18.2 Å². The summed E-state index contributed by atoms with van der Waals surface area (Å²) >= 11 is 0. The minimum absolute atomic E-state index is 0.0346. The highest BCUT2D eigenvalue weighted by atomic mass is 16.5. The van der Waals surface area contributed by atoms with Crippen molar-refractivity contribution in [2.24, 2.45) is 5.92 Å². The molecular weight excluding hydrogens is 260 g/mol. The third-order valence-electron chi connectivity index (χ3n) is 2.53. The van der Waals surface area contributed by atoms with Gasteiger partial charge in [0.2, 0.25) is 11.8 Å². The first kappa shape index (κ1) is 18.0. The first-order valence-electron chi connectivity index (χ1n) is 6.40. The van der Waals surface area contributed by atoms with Crippen molar-refractivity contribution >= 4 is 17.8 Å². The van der Waals surface area contributed by atoms with Crippen LogP contribution in [0.4, 0.5) is 0 Å². The normalized spacial score (nSPS) is 13.0. The molecule has 0 saturated carbocycles. The van der Waals surface area contributed by atoms with E-state index in [1.807, 2.05) is 13.8 Å². The molecule has 0 bridgehead atoms. The molecule has 2 N–H and O–H groups in total. The van der Waals surface area contributed by atoms with E-state index in [9.17, 15) is 14.4 Å². The zero-order valence-corrected chi connectivity index (χ0v) is 12.4. The smallest absolute Gasteiger partial charge is 0.329 e. The Kier molecular flexibility index (Phi) is 8.06. The summed E-state index contributed by atoms with van der Waals surface area (Å²) in [5.41, 5.74) is 0. The van der Waals surface area contributed by atoms with E-state index in [1.54, 1.807) is 0 Å². The third-order valence-corrected chi connectivity index (χ3v) is 2.53. The maximum atomic E-state index is 12.1. The predicted octanol–water partition coefficient (Wildman–Crippen LogP) is 0.218. The molecule has 0 aromatic carbocycles. The Morgan fingerprint density at radius 3 is 2.20 bits per heavy atom. The number of terminal acetylenes is 1. The van der Waals surface area contributed by atoms with Crippen molar-refractivity contribution in [2.45, 2.75) is 45.7 Å². The van der Waals surface area contributed by atoms with Gasteiger partial charge in [0, 0.05) is 13.3 Å². The molecule has 0 saturated heterocycles. The summed E-state index contributed by atoms with van der Waals surface area (Å²) in [6.07, 6.45) is 5.66. The molecule has 0 rings (SSSR count). The highest BCUT2D eigenvalue weighted by Gasteiger charge is 2.26. The van der Waals surface area contributed by atoms with Crippen LogP contribution in [0.15, 0.2) is 0 Å². The maximum Gasteiger partial charge on any atom is 0.329 e. The fourth-order valence-corrected chi connectivity index (χ4v) is 1.67. The molecule has 0 heterocycles. The Hall–Kier alpha value is -2.03. The number of rotatable bonds is 7. The number of hydrogen-bond acceptors (Lipinski definition) is 4. The van der Waals surface area contributed by atoms with Crippen molar-refractivity contribution in [2.75, 3.05) is 7.11 Å². The first-order valence-corrected chi connectivity index (χ1v) is 6.40. The second-order valence-corrected chi connectivity index (χ2v) is 4.88. The molecule has 0 aromatic rings. The van der Waals surface area contributed by atoms with Gasteiger partial charge >= 0.3 is 5.97 Å². The zero-order chi connectivity index (χ0) is 15.7. The molecule has 0 spiro atoms. The lowest BCUT2D eigenvalue weighted by molar-refractivity contribution is -0.145. The molecule has 6 heteroatoms. The number of amides is 2. The Labute approximate surface area is 119 Å². The Bertz CT molecular complexity index is 398. The molecule has 0 unspecified atom stereocenters. The molecule has 0 aromatic heterocycles.